The van der Waals surface area contributed by atoms with Gasteiger partial charge in [-0.15, -0.1) is 0 Å². The van der Waals surface area contributed by atoms with Crippen LogP contribution in [0.4, 0.5) is 0 Å². The first-order valence-electron chi connectivity index (χ1n) is 8.53. The van der Waals surface area contributed by atoms with Crippen molar-refractivity contribution in [1.29, 1.82) is 0 Å². The number of rotatable bonds is 3. The second-order valence-electron chi connectivity index (χ2n) is 6.34. The average Bonchev–Trinajstić information content (AvgIpc) is 2.69. The molecular formula is C24H17ClO. The molecule has 0 saturated heterocycles. The number of benzene rings is 4. The molecule has 0 amide bonds. The molecule has 0 aliphatic heterocycles. The Kier molecular flexibility index (Phi) is 4.32. The van der Waals surface area contributed by atoms with Crippen molar-refractivity contribution in [2.75, 3.05) is 0 Å². The average molecular weight is 357 g/mol. The first kappa shape index (κ1) is 16.6. The molecule has 0 aliphatic carbocycles. The van der Waals surface area contributed by atoms with E-state index in [9.17, 15) is 4.79 Å². The molecule has 0 bridgehead atoms. The third-order valence-electron chi connectivity index (χ3n) is 4.75. The molecule has 0 fully saturated rings. The van der Waals surface area contributed by atoms with Gasteiger partial charge in [-0.25, -0.2) is 0 Å². The number of fused-ring (bicyclic) bond motifs is 1. The lowest BCUT2D eigenvalue weighted by atomic mass is 9.89. The van der Waals surface area contributed by atoms with Crippen LogP contribution in [0.5, 0.6) is 0 Å². The molecule has 0 unspecified atom stereocenters. The lowest BCUT2D eigenvalue weighted by Crippen LogP contribution is -2.04. The quantitative estimate of drug-likeness (QED) is 0.373. The van der Waals surface area contributed by atoms with Crippen LogP contribution in [0.1, 0.15) is 21.5 Å². The zero-order chi connectivity index (χ0) is 18.1. The lowest BCUT2D eigenvalue weighted by Gasteiger charge is -2.14. The van der Waals surface area contributed by atoms with E-state index in [0.29, 0.717) is 16.1 Å². The van der Waals surface area contributed by atoms with Gasteiger partial charge in [0, 0.05) is 16.1 Å². The van der Waals surface area contributed by atoms with Gasteiger partial charge in [-0.05, 0) is 52.6 Å². The summed E-state index contributed by atoms with van der Waals surface area (Å²) < 4.78 is 0. The highest BCUT2D eigenvalue weighted by molar-refractivity contribution is 6.31. The Hall–Kier alpha value is -2.90. The number of ketones is 1. The van der Waals surface area contributed by atoms with Gasteiger partial charge >= 0.3 is 0 Å². The zero-order valence-corrected chi connectivity index (χ0v) is 15.1. The monoisotopic (exact) mass is 356 g/mol. The molecule has 0 spiro atoms. The number of carbonyl (C=O) groups is 1. The summed E-state index contributed by atoms with van der Waals surface area (Å²) in [6, 6.07) is 27.3. The molecule has 0 aliphatic rings. The van der Waals surface area contributed by atoms with Crippen LogP contribution in [0.25, 0.3) is 21.9 Å². The molecule has 2 heteroatoms. The lowest BCUT2D eigenvalue weighted by molar-refractivity contribution is 0.103. The number of aryl methyl sites for hydroxylation is 1. The van der Waals surface area contributed by atoms with Crippen molar-refractivity contribution in [3.8, 4) is 11.1 Å². The van der Waals surface area contributed by atoms with E-state index in [1.165, 1.54) is 10.8 Å². The Balaban J connectivity index is 1.94. The van der Waals surface area contributed by atoms with E-state index in [1.54, 1.807) is 6.07 Å². The van der Waals surface area contributed by atoms with E-state index in [1.807, 2.05) is 54.6 Å². The Morgan fingerprint density at radius 3 is 2.31 bits per heavy atom. The minimum Gasteiger partial charge on any atom is -0.289 e. The Morgan fingerprint density at radius 1 is 0.769 bits per heavy atom. The predicted molar refractivity (Wildman–Crippen MR) is 109 cm³/mol. The van der Waals surface area contributed by atoms with Crippen LogP contribution in [0.15, 0.2) is 84.9 Å². The SMILES string of the molecule is Cc1c(-c2cc(Cl)ccc2C(=O)c2ccccc2)ccc2ccccc12. The number of carbonyl (C=O) groups excluding carboxylic acids is 1. The van der Waals surface area contributed by atoms with Gasteiger partial charge in [-0.1, -0.05) is 78.3 Å². The molecule has 0 atom stereocenters. The van der Waals surface area contributed by atoms with Gasteiger partial charge in [0.25, 0.3) is 0 Å². The topological polar surface area (TPSA) is 17.1 Å². The summed E-state index contributed by atoms with van der Waals surface area (Å²) in [4.78, 5) is 13.1. The van der Waals surface area contributed by atoms with Crippen molar-refractivity contribution in [3.05, 3.63) is 107 Å². The van der Waals surface area contributed by atoms with E-state index < -0.39 is 0 Å². The Labute approximate surface area is 157 Å². The fourth-order valence-corrected chi connectivity index (χ4v) is 3.57. The van der Waals surface area contributed by atoms with E-state index in [-0.39, 0.29) is 5.78 Å². The van der Waals surface area contributed by atoms with Gasteiger partial charge < -0.3 is 0 Å². The third-order valence-corrected chi connectivity index (χ3v) is 4.99. The zero-order valence-electron chi connectivity index (χ0n) is 14.4. The van der Waals surface area contributed by atoms with Crippen molar-refractivity contribution in [1.82, 2.24) is 0 Å². The highest BCUT2D eigenvalue weighted by atomic mass is 35.5. The summed E-state index contributed by atoms with van der Waals surface area (Å²) in [6.07, 6.45) is 0. The molecule has 1 nitrogen and oxygen atoms in total. The maximum atomic E-state index is 13.1. The van der Waals surface area contributed by atoms with Crippen molar-refractivity contribution in [3.63, 3.8) is 0 Å². The van der Waals surface area contributed by atoms with Crippen LogP contribution in [0.3, 0.4) is 0 Å². The maximum Gasteiger partial charge on any atom is 0.193 e. The smallest absolute Gasteiger partial charge is 0.193 e. The fourth-order valence-electron chi connectivity index (χ4n) is 3.40. The van der Waals surface area contributed by atoms with Crippen molar-refractivity contribution in [2.24, 2.45) is 0 Å². The molecule has 0 aromatic heterocycles. The van der Waals surface area contributed by atoms with Crippen LogP contribution in [-0.4, -0.2) is 5.78 Å². The van der Waals surface area contributed by atoms with Crippen LogP contribution >= 0.6 is 11.6 Å². The molecule has 26 heavy (non-hydrogen) atoms. The standard InChI is InChI=1S/C24H17ClO/c1-16-20-10-6-5-7-17(20)11-13-21(16)23-15-19(25)12-14-22(23)24(26)18-8-3-2-4-9-18/h2-15H,1H3. The second kappa shape index (κ2) is 6.78. The van der Waals surface area contributed by atoms with Gasteiger partial charge in [-0.2, -0.15) is 0 Å². The minimum absolute atomic E-state index is 0.00447. The van der Waals surface area contributed by atoms with Crippen LogP contribution in [0, 0.1) is 6.92 Å². The highest BCUT2D eigenvalue weighted by Gasteiger charge is 2.17. The minimum atomic E-state index is 0.00447. The Bertz CT molecular complexity index is 1110. The molecule has 0 N–H and O–H groups in total. The summed E-state index contributed by atoms with van der Waals surface area (Å²) in [5, 5.41) is 2.99. The fraction of sp³-hybridized carbons (Fsp3) is 0.0417. The third kappa shape index (κ3) is 2.91. The normalized spacial score (nSPS) is 10.8. The van der Waals surface area contributed by atoms with E-state index in [4.69, 9.17) is 11.6 Å². The van der Waals surface area contributed by atoms with E-state index in [0.717, 1.165) is 16.7 Å². The first-order valence-corrected chi connectivity index (χ1v) is 8.91. The molecule has 4 aromatic rings. The second-order valence-corrected chi connectivity index (χ2v) is 6.78. The summed E-state index contributed by atoms with van der Waals surface area (Å²) in [7, 11) is 0. The summed E-state index contributed by atoms with van der Waals surface area (Å²) in [5.41, 5.74) is 4.39. The largest absolute Gasteiger partial charge is 0.289 e. The molecule has 4 aromatic carbocycles. The van der Waals surface area contributed by atoms with E-state index in [2.05, 4.69) is 31.2 Å². The molecule has 126 valence electrons. The summed E-state index contributed by atoms with van der Waals surface area (Å²) in [5.74, 6) is 0.00447. The maximum absolute atomic E-state index is 13.1. The number of hydrogen-bond donors (Lipinski definition) is 0. The molecule has 0 saturated carbocycles. The van der Waals surface area contributed by atoms with Gasteiger partial charge in [0.15, 0.2) is 5.78 Å². The molecule has 0 radical (unpaired) electrons. The van der Waals surface area contributed by atoms with E-state index >= 15 is 0 Å². The van der Waals surface area contributed by atoms with Gasteiger partial charge in [0.2, 0.25) is 0 Å². The van der Waals surface area contributed by atoms with Gasteiger partial charge in [0.05, 0.1) is 0 Å². The Morgan fingerprint density at radius 2 is 1.50 bits per heavy atom. The highest BCUT2D eigenvalue weighted by Crippen LogP contribution is 2.34. The van der Waals surface area contributed by atoms with Crippen molar-refractivity contribution < 1.29 is 4.79 Å². The van der Waals surface area contributed by atoms with Crippen molar-refractivity contribution >= 4 is 28.2 Å². The molecule has 0 heterocycles. The molecular weight excluding hydrogens is 340 g/mol. The summed E-state index contributed by atoms with van der Waals surface area (Å²) >= 11 is 6.28. The summed E-state index contributed by atoms with van der Waals surface area (Å²) in [6.45, 7) is 2.09. The predicted octanol–water partition coefficient (Wildman–Crippen LogP) is 6.70. The number of hydrogen-bond acceptors (Lipinski definition) is 1. The van der Waals surface area contributed by atoms with Gasteiger partial charge in [-0.3, -0.25) is 4.79 Å². The van der Waals surface area contributed by atoms with Crippen LogP contribution in [-0.2, 0) is 0 Å². The van der Waals surface area contributed by atoms with Crippen LogP contribution < -0.4 is 0 Å². The van der Waals surface area contributed by atoms with Crippen molar-refractivity contribution in [2.45, 2.75) is 6.92 Å². The van der Waals surface area contributed by atoms with Crippen LogP contribution in [0.2, 0.25) is 5.02 Å². The number of halogens is 1. The first-order chi connectivity index (χ1) is 12.6. The molecule has 4 rings (SSSR count). The van der Waals surface area contributed by atoms with Gasteiger partial charge in [0.1, 0.15) is 0 Å².